The number of allylic oxidation sites excluding steroid dienone is 4. The maximum Gasteiger partial charge on any atom is 0.238 e. The number of aromatic nitrogens is 5. The van der Waals surface area contributed by atoms with Crippen LogP contribution in [0, 0.1) is 5.92 Å². The summed E-state index contributed by atoms with van der Waals surface area (Å²) in [5.41, 5.74) is 16.8. The summed E-state index contributed by atoms with van der Waals surface area (Å²) in [5, 5.41) is 4.71. The Morgan fingerprint density at radius 3 is 1.79 bits per heavy atom. The maximum absolute atomic E-state index is 5.64. The molecule has 3 heterocycles. The zero-order valence-electron chi connectivity index (χ0n) is 36.1. The summed E-state index contributed by atoms with van der Waals surface area (Å²) in [6.07, 6.45) is 4.94. The fourth-order valence-corrected chi connectivity index (χ4v) is 11.5. The van der Waals surface area contributed by atoms with Gasteiger partial charge in [0.25, 0.3) is 0 Å². The molecule has 13 rings (SSSR count). The van der Waals surface area contributed by atoms with Gasteiger partial charge in [-0.2, -0.15) is 9.97 Å². The lowest BCUT2D eigenvalue weighted by Crippen LogP contribution is -2.21. The lowest BCUT2D eigenvalue weighted by molar-refractivity contribution is 0.576. The van der Waals surface area contributed by atoms with Gasteiger partial charge < -0.3 is 4.57 Å². The van der Waals surface area contributed by atoms with E-state index in [1.54, 1.807) is 0 Å². The van der Waals surface area contributed by atoms with E-state index in [-0.39, 0.29) is 22.7 Å². The van der Waals surface area contributed by atoms with Crippen molar-refractivity contribution >= 4 is 49.2 Å². The van der Waals surface area contributed by atoms with Crippen LogP contribution in [0.3, 0.4) is 0 Å². The fraction of sp³-hybridized carbons (Fsp3) is 0.155. The number of hydrogen-bond donors (Lipinski definition) is 0. The van der Waals surface area contributed by atoms with Gasteiger partial charge in [-0.25, -0.2) is 4.98 Å². The number of rotatable bonds is 4. The number of para-hydroxylation sites is 3. The summed E-state index contributed by atoms with van der Waals surface area (Å²) in [6, 6.07) is 57.4. The van der Waals surface area contributed by atoms with Crippen LogP contribution >= 0.6 is 0 Å². The van der Waals surface area contributed by atoms with Crippen molar-refractivity contribution in [3.8, 4) is 34.2 Å². The van der Waals surface area contributed by atoms with Gasteiger partial charge in [-0.05, 0) is 80.8 Å². The van der Waals surface area contributed by atoms with Gasteiger partial charge in [-0.3, -0.25) is 4.57 Å². The molecule has 0 fully saturated rings. The summed E-state index contributed by atoms with van der Waals surface area (Å²) in [6.45, 7) is 11.7. The van der Waals surface area contributed by atoms with Gasteiger partial charge in [0.2, 0.25) is 5.95 Å². The van der Waals surface area contributed by atoms with Crippen LogP contribution < -0.4 is 0 Å². The molecule has 10 aromatic rings. The van der Waals surface area contributed by atoms with E-state index in [9.17, 15) is 0 Å². The molecule has 0 saturated carbocycles. The van der Waals surface area contributed by atoms with Gasteiger partial charge in [0, 0.05) is 49.5 Å². The molecular weight excluding hydrogens is 767 g/mol. The maximum atomic E-state index is 5.64. The van der Waals surface area contributed by atoms with Crippen molar-refractivity contribution in [2.24, 2.45) is 5.92 Å². The zero-order chi connectivity index (χ0) is 42.4. The minimum Gasteiger partial charge on any atom is -0.307 e. The number of fused-ring (bicyclic) bond motifs is 13. The minimum atomic E-state index is -0.170. The first-order valence-corrected chi connectivity index (χ1v) is 22.2. The van der Waals surface area contributed by atoms with Crippen LogP contribution in [-0.4, -0.2) is 24.1 Å². The SMILES string of the molecule is CC1C=C2C(=CC1c1nc(-c3ccc4c(c3)C(C)(C)c3ccccc3-4)nc(-n3c4ccccc4c4ccc5c6ccccc6n(-c6ccccc6)c5c43)n1)C(C)(C)c1ccccc12. The quantitative estimate of drug-likeness (QED) is 0.178. The predicted octanol–water partition coefficient (Wildman–Crippen LogP) is 14.1. The van der Waals surface area contributed by atoms with Crippen molar-refractivity contribution in [2.45, 2.75) is 51.4 Å². The smallest absolute Gasteiger partial charge is 0.238 e. The molecule has 302 valence electrons. The molecule has 5 heteroatoms. The van der Waals surface area contributed by atoms with Crippen LogP contribution in [0.5, 0.6) is 0 Å². The van der Waals surface area contributed by atoms with E-state index in [1.807, 2.05) is 0 Å². The van der Waals surface area contributed by atoms with E-state index < -0.39 is 0 Å². The second kappa shape index (κ2) is 12.8. The third-order valence-corrected chi connectivity index (χ3v) is 14.7. The Hall–Kier alpha value is -7.37. The van der Waals surface area contributed by atoms with E-state index >= 15 is 0 Å². The van der Waals surface area contributed by atoms with Crippen LogP contribution in [0.25, 0.3) is 83.3 Å². The summed E-state index contributed by atoms with van der Waals surface area (Å²) < 4.78 is 4.75. The Morgan fingerprint density at radius 2 is 1.06 bits per heavy atom. The van der Waals surface area contributed by atoms with Crippen LogP contribution in [0.1, 0.15) is 68.6 Å². The minimum absolute atomic E-state index is 0.0724. The summed E-state index contributed by atoms with van der Waals surface area (Å²) in [4.78, 5) is 16.7. The highest BCUT2D eigenvalue weighted by molar-refractivity contribution is 6.23. The second-order valence-corrected chi connectivity index (χ2v) is 18.9. The van der Waals surface area contributed by atoms with Gasteiger partial charge in [-0.1, -0.05) is 174 Å². The molecule has 0 aliphatic heterocycles. The molecule has 0 radical (unpaired) electrons. The molecule has 63 heavy (non-hydrogen) atoms. The van der Waals surface area contributed by atoms with Gasteiger partial charge in [0.05, 0.1) is 22.1 Å². The van der Waals surface area contributed by atoms with Crippen molar-refractivity contribution in [1.82, 2.24) is 24.1 Å². The van der Waals surface area contributed by atoms with Gasteiger partial charge in [0.15, 0.2) is 5.82 Å². The van der Waals surface area contributed by atoms with Crippen molar-refractivity contribution in [2.75, 3.05) is 0 Å². The van der Waals surface area contributed by atoms with Crippen molar-refractivity contribution < 1.29 is 0 Å². The highest BCUT2D eigenvalue weighted by Crippen LogP contribution is 2.54. The normalized spacial score (nSPS) is 18.0. The highest BCUT2D eigenvalue weighted by Gasteiger charge is 2.42. The Morgan fingerprint density at radius 1 is 0.476 bits per heavy atom. The standard InChI is InChI=1S/C58H45N5/c1-34-31-45-38-20-10-14-24-47(38)58(4,5)49(45)33-44(34)55-59-54(35-27-28-39-37-19-9-13-23-46(37)57(2,3)48(39)32-35)60-56(61-55)63-51-26-16-12-22-41(51)43-30-29-42-40-21-11-15-25-50(40)62(52(42)53(43)63)36-17-7-6-8-18-36/h6-34,44H,1-5H3. The van der Waals surface area contributed by atoms with Crippen molar-refractivity contribution in [1.29, 1.82) is 0 Å². The van der Waals surface area contributed by atoms with E-state index in [1.165, 1.54) is 55.3 Å². The van der Waals surface area contributed by atoms with E-state index in [4.69, 9.17) is 15.0 Å². The Kier molecular flexibility index (Phi) is 7.40. The molecule has 3 aliphatic rings. The first kappa shape index (κ1) is 36.3. The zero-order valence-corrected chi connectivity index (χ0v) is 36.1. The molecule has 0 amide bonds. The first-order chi connectivity index (χ1) is 30.7. The van der Waals surface area contributed by atoms with E-state index in [0.29, 0.717) is 11.8 Å². The van der Waals surface area contributed by atoms with Crippen molar-refractivity contribution in [3.05, 3.63) is 204 Å². The molecule has 0 N–H and O–H groups in total. The molecule has 0 spiro atoms. The highest BCUT2D eigenvalue weighted by atomic mass is 15.2. The third-order valence-electron chi connectivity index (χ3n) is 14.7. The largest absolute Gasteiger partial charge is 0.307 e. The molecule has 7 aromatic carbocycles. The Bertz CT molecular complexity index is 3650. The molecular formula is C58H45N5. The second-order valence-electron chi connectivity index (χ2n) is 18.9. The topological polar surface area (TPSA) is 48.5 Å². The number of nitrogens with zero attached hydrogens (tertiary/aromatic N) is 5. The van der Waals surface area contributed by atoms with E-state index in [0.717, 1.165) is 49.9 Å². The molecule has 2 atom stereocenters. The number of hydrogen-bond acceptors (Lipinski definition) is 3. The molecule has 0 saturated heterocycles. The molecule has 3 aromatic heterocycles. The first-order valence-electron chi connectivity index (χ1n) is 22.2. The molecule has 2 unspecified atom stereocenters. The summed E-state index contributed by atoms with van der Waals surface area (Å²) in [5.74, 6) is 2.16. The number of benzene rings is 7. The van der Waals surface area contributed by atoms with Crippen LogP contribution in [0.15, 0.2) is 175 Å². The Labute approximate surface area is 366 Å². The van der Waals surface area contributed by atoms with Gasteiger partial charge >= 0.3 is 0 Å². The van der Waals surface area contributed by atoms with Gasteiger partial charge in [0.1, 0.15) is 5.82 Å². The monoisotopic (exact) mass is 811 g/mol. The molecule has 3 aliphatic carbocycles. The Balaban J connectivity index is 1.11. The van der Waals surface area contributed by atoms with Crippen LogP contribution in [-0.2, 0) is 10.8 Å². The average molecular weight is 812 g/mol. The summed E-state index contributed by atoms with van der Waals surface area (Å²) in [7, 11) is 0. The molecule has 0 bridgehead atoms. The van der Waals surface area contributed by atoms with Crippen molar-refractivity contribution in [3.63, 3.8) is 0 Å². The van der Waals surface area contributed by atoms with Crippen LogP contribution in [0.4, 0.5) is 0 Å². The fourth-order valence-electron chi connectivity index (χ4n) is 11.5. The molecule has 5 nitrogen and oxygen atoms in total. The average Bonchev–Trinajstić information content (AvgIpc) is 3.98. The lowest BCUT2D eigenvalue weighted by Gasteiger charge is -2.29. The third kappa shape index (κ3) is 4.96. The van der Waals surface area contributed by atoms with E-state index in [2.05, 4.69) is 214 Å². The predicted molar refractivity (Wildman–Crippen MR) is 259 cm³/mol. The lowest BCUT2D eigenvalue weighted by atomic mass is 9.75. The summed E-state index contributed by atoms with van der Waals surface area (Å²) >= 11 is 0. The van der Waals surface area contributed by atoms with Gasteiger partial charge in [-0.15, -0.1) is 0 Å². The van der Waals surface area contributed by atoms with Crippen LogP contribution in [0.2, 0.25) is 0 Å².